The first kappa shape index (κ1) is 15.1. The zero-order valence-electron chi connectivity index (χ0n) is 9.92. The predicted octanol–water partition coefficient (Wildman–Crippen LogP) is 2.42. The maximum atomic E-state index is 10.9. The minimum atomic E-state index is 0.616. The van der Waals surface area contributed by atoms with Crippen LogP contribution in [0.5, 0.6) is 0 Å². The van der Waals surface area contributed by atoms with Crippen molar-refractivity contribution in [3.63, 3.8) is 0 Å². The van der Waals surface area contributed by atoms with Gasteiger partial charge in [0, 0.05) is 23.3 Å². The van der Waals surface area contributed by atoms with Gasteiger partial charge in [0.05, 0.1) is 0 Å². The Morgan fingerprint density at radius 3 is 2.50 bits per heavy atom. The fourth-order valence-corrected chi connectivity index (χ4v) is 1.52. The number of carbonyl (C=O) groups is 1. The zero-order valence-corrected chi connectivity index (χ0v) is 11.5. The normalized spacial score (nSPS) is 11.1. The van der Waals surface area contributed by atoms with Crippen LogP contribution in [-0.4, -0.2) is 31.4 Å². The number of rotatable bonds is 8. The molecule has 0 spiro atoms. The molecule has 0 aromatic rings. The van der Waals surface area contributed by atoms with Gasteiger partial charge in [0.2, 0.25) is 6.41 Å². The molecular weight excluding hydrogens is 268 g/mol. The second-order valence-electron chi connectivity index (χ2n) is 3.32. The monoisotopic (exact) mass is 286 g/mol. The highest BCUT2D eigenvalue weighted by molar-refractivity contribution is 9.11. The molecule has 0 unspecified atom stereocenters. The van der Waals surface area contributed by atoms with E-state index in [0.29, 0.717) is 6.54 Å². The zero-order chi connectivity index (χ0) is 12.6. The molecule has 0 aromatic carbocycles. The van der Waals surface area contributed by atoms with Gasteiger partial charge in [-0.1, -0.05) is 36.0 Å². The summed E-state index contributed by atoms with van der Waals surface area (Å²) in [5, 5.41) is 3.00. The molecule has 0 saturated carbocycles. The Balaban J connectivity index is 4.70. The Morgan fingerprint density at radius 1 is 1.50 bits per heavy atom. The highest BCUT2D eigenvalue weighted by Crippen LogP contribution is 2.19. The van der Waals surface area contributed by atoms with Crippen molar-refractivity contribution in [2.24, 2.45) is 0 Å². The maximum Gasteiger partial charge on any atom is 0.214 e. The van der Waals surface area contributed by atoms with Crippen LogP contribution in [0, 0.1) is 0 Å². The lowest BCUT2D eigenvalue weighted by molar-refractivity contribution is -0.116. The van der Waals surface area contributed by atoms with Crippen molar-refractivity contribution in [1.29, 1.82) is 0 Å². The summed E-state index contributed by atoms with van der Waals surface area (Å²) < 4.78 is 0.782. The summed E-state index contributed by atoms with van der Waals surface area (Å²) in [7, 11) is 1.85. The number of amides is 1. The van der Waals surface area contributed by atoms with Gasteiger partial charge in [-0.15, -0.1) is 0 Å². The molecule has 0 aliphatic carbocycles. The number of nitrogens with zero attached hydrogens (tertiary/aromatic N) is 1. The standard InChI is InChI=1S/C12H19BrN2O/c1-5-12(8-10(2)13)11(3)15(9-16)7-6-14-4/h8-9,14H,2-3,5-7H2,1,4H3/b12-8-. The molecule has 0 fully saturated rings. The van der Waals surface area contributed by atoms with E-state index in [1.165, 1.54) is 0 Å². The minimum absolute atomic E-state index is 0.616. The van der Waals surface area contributed by atoms with E-state index < -0.39 is 0 Å². The molecule has 16 heavy (non-hydrogen) atoms. The molecule has 0 bridgehead atoms. The number of hydrogen-bond acceptors (Lipinski definition) is 2. The number of likely N-dealkylation sites (N-methyl/N-ethyl adjacent to an activating group) is 1. The Morgan fingerprint density at radius 2 is 2.12 bits per heavy atom. The molecule has 0 aliphatic rings. The fourth-order valence-electron chi connectivity index (χ4n) is 1.25. The summed E-state index contributed by atoms with van der Waals surface area (Å²) >= 11 is 3.28. The Kier molecular flexibility index (Phi) is 7.85. The molecule has 3 nitrogen and oxygen atoms in total. The van der Waals surface area contributed by atoms with E-state index in [1.807, 2.05) is 20.0 Å². The van der Waals surface area contributed by atoms with Crippen molar-refractivity contribution in [2.75, 3.05) is 20.1 Å². The molecule has 0 aliphatic heterocycles. The van der Waals surface area contributed by atoms with Gasteiger partial charge in [-0.2, -0.15) is 0 Å². The van der Waals surface area contributed by atoms with E-state index in [2.05, 4.69) is 34.4 Å². The van der Waals surface area contributed by atoms with E-state index in [4.69, 9.17) is 0 Å². The van der Waals surface area contributed by atoms with E-state index in [-0.39, 0.29) is 0 Å². The number of carbonyl (C=O) groups excluding carboxylic acids is 1. The van der Waals surface area contributed by atoms with Crippen LogP contribution in [0.2, 0.25) is 0 Å². The summed E-state index contributed by atoms with van der Waals surface area (Å²) in [6.07, 6.45) is 3.51. The van der Waals surface area contributed by atoms with Crippen LogP contribution >= 0.6 is 15.9 Å². The second-order valence-corrected chi connectivity index (χ2v) is 4.34. The van der Waals surface area contributed by atoms with Crippen LogP contribution in [0.25, 0.3) is 0 Å². The lowest BCUT2D eigenvalue weighted by atomic mass is 10.1. The summed E-state index contributed by atoms with van der Waals surface area (Å²) in [5.41, 5.74) is 1.73. The van der Waals surface area contributed by atoms with Gasteiger partial charge in [-0.05, 0) is 25.1 Å². The van der Waals surface area contributed by atoms with Crippen molar-refractivity contribution < 1.29 is 4.79 Å². The van der Waals surface area contributed by atoms with Crippen LogP contribution in [0.3, 0.4) is 0 Å². The van der Waals surface area contributed by atoms with Crippen molar-refractivity contribution in [3.8, 4) is 0 Å². The summed E-state index contributed by atoms with van der Waals surface area (Å²) in [4.78, 5) is 12.5. The molecule has 0 aromatic heterocycles. The topological polar surface area (TPSA) is 32.3 Å². The molecule has 0 atom stereocenters. The highest BCUT2D eigenvalue weighted by atomic mass is 79.9. The largest absolute Gasteiger partial charge is 0.318 e. The predicted molar refractivity (Wildman–Crippen MR) is 72.3 cm³/mol. The lowest BCUT2D eigenvalue weighted by Gasteiger charge is -2.21. The molecular formula is C12H19BrN2O. The van der Waals surface area contributed by atoms with Crippen LogP contribution in [0.15, 0.2) is 35.0 Å². The Hall–Kier alpha value is -0.870. The second kappa shape index (κ2) is 8.30. The minimum Gasteiger partial charge on any atom is -0.318 e. The van der Waals surface area contributed by atoms with E-state index in [9.17, 15) is 4.79 Å². The first-order chi connectivity index (χ1) is 7.56. The fraction of sp³-hybridized carbons (Fsp3) is 0.417. The van der Waals surface area contributed by atoms with Gasteiger partial charge >= 0.3 is 0 Å². The third kappa shape index (κ3) is 5.28. The van der Waals surface area contributed by atoms with Crippen LogP contribution in [0.1, 0.15) is 13.3 Å². The Bertz CT molecular complexity index is 297. The van der Waals surface area contributed by atoms with Crippen LogP contribution in [-0.2, 0) is 4.79 Å². The number of allylic oxidation sites excluding steroid dienone is 3. The third-order valence-corrected chi connectivity index (χ3v) is 2.39. The first-order valence-electron chi connectivity index (χ1n) is 5.17. The van der Waals surface area contributed by atoms with Gasteiger partial charge in [0.25, 0.3) is 0 Å². The highest BCUT2D eigenvalue weighted by Gasteiger charge is 2.09. The van der Waals surface area contributed by atoms with Crippen molar-refractivity contribution in [2.45, 2.75) is 13.3 Å². The molecule has 0 saturated heterocycles. The van der Waals surface area contributed by atoms with Gasteiger partial charge in [0.15, 0.2) is 0 Å². The molecule has 0 rings (SSSR count). The van der Waals surface area contributed by atoms with Crippen molar-refractivity contribution in [1.82, 2.24) is 10.2 Å². The lowest BCUT2D eigenvalue weighted by Crippen LogP contribution is -2.29. The average Bonchev–Trinajstić information content (AvgIpc) is 2.26. The average molecular weight is 287 g/mol. The Labute approximate surface area is 106 Å². The molecule has 4 heteroatoms. The summed E-state index contributed by atoms with van der Waals surface area (Å²) in [5.74, 6) is 0. The molecule has 1 amide bonds. The van der Waals surface area contributed by atoms with Gasteiger partial charge in [0.1, 0.15) is 0 Å². The maximum absolute atomic E-state index is 10.9. The van der Waals surface area contributed by atoms with Crippen LogP contribution in [0.4, 0.5) is 0 Å². The van der Waals surface area contributed by atoms with Crippen molar-refractivity contribution in [3.05, 3.63) is 35.0 Å². The van der Waals surface area contributed by atoms with E-state index >= 15 is 0 Å². The summed E-state index contributed by atoms with van der Waals surface area (Å²) in [6, 6.07) is 0. The van der Waals surface area contributed by atoms with Gasteiger partial charge in [-0.3, -0.25) is 4.79 Å². The summed E-state index contributed by atoms with van der Waals surface area (Å²) in [6.45, 7) is 11.1. The number of halogens is 1. The SMILES string of the molecule is C=C(Br)/C=C(/CC)C(=C)N(C=O)CCNC. The van der Waals surface area contributed by atoms with Crippen molar-refractivity contribution >= 4 is 22.3 Å². The van der Waals surface area contributed by atoms with Crippen LogP contribution < -0.4 is 5.32 Å². The van der Waals surface area contributed by atoms with Gasteiger partial charge < -0.3 is 10.2 Å². The molecule has 1 N–H and O–H groups in total. The number of nitrogens with one attached hydrogen (secondary N) is 1. The van der Waals surface area contributed by atoms with E-state index in [1.54, 1.807) is 4.90 Å². The smallest absolute Gasteiger partial charge is 0.214 e. The van der Waals surface area contributed by atoms with E-state index in [0.717, 1.165) is 35.1 Å². The van der Waals surface area contributed by atoms with Gasteiger partial charge in [-0.25, -0.2) is 0 Å². The molecule has 0 heterocycles. The first-order valence-corrected chi connectivity index (χ1v) is 5.96. The number of hydrogen-bond donors (Lipinski definition) is 1. The molecule has 0 radical (unpaired) electrons. The third-order valence-electron chi connectivity index (χ3n) is 2.16. The molecule has 90 valence electrons. The quantitative estimate of drug-likeness (QED) is 0.549.